The van der Waals surface area contributed by atoms with Crippen LogP contribution in [-0.4, -0.2) is 70.8 Å². The van der Waals surface area contributed by atoms with E-state index in [2.05, 4.69) is 4.72 Å². The number of benzene rings is 3. The maximum atomic E-state index is 13.7. The highest BCUT2D eigenvalue weighted by atomic mass is 35.5. The van der Waals surface area contributed by atoms with Crippen LogP contribution in [0, 0.1) is 0 Å². The third kappa shape index (κ3) is 9.07. The van der Waals surface area contributed by atoms with E-state index in [-0.39, 0.29) is 53.4 Å². The van der Waals surface area contributed by atoms with Gasteiger partial charge in [0.05, 0.1) is 61.8 Å². The lowest BCUT2D eigenvalue weighted by molar-refractivity contribution is 0.0384. The van der Waals surface area contributed by atoms with E-state index in [1.807, 2.05) is 13.0 Å². The van der Waals surface area contributed by atoms with Crippen molar-refractivity contribution in [1.29, 1.82) is 0 Å². The van der Waals surface area contributed by atoms with Crippen LogP contribution in [0.15, 0.2) is 64.3 Å². The van der Waals surface area contributed by atoms with Crippen molar-refractivity contribution in [1.82, 2.24) is 9.13 Å². The lowest BCUT2D eigenvalue weighted by Crippen LogP contribution is -2.19. The van der Waals surface area contributed by atoms with Crippen LogP contribution in [-0.2, 0) is 33.6 Å². The number of ether oxygens (including phenoxy) is 6. The fraction of sp³-hybridized carbons (Fsp3) is 0.387. The van der Waals surface area contributed by atoms with Crippen molar-refractivity contribution < 1.29 is 36.8 Å². The van der Waals surface area contributed by atoms with Gasteiger partial charge in [-0.25, -0.2) is 13.2 Å². The molecule has 0 aliphatic carbocycles. The molecule has 0 fully saturated rings. The maximum absolute atomic E-state index is 13.7. The van der Waals surface area contributed by atoms with Crippen LogP contribution in [0.5, 0.6) is 28.7 Å². The molecule has 252 valence electrons. The first-order valence-corrected chi connectivity index (χ1v) is 16.0. The Morgan fingerprint density at radius 3 is 2.15 bits per heavy atom. The number of aryl methyl sites for hydroxylation is 2. The topological polar surface area (TPSA) is 154 Å². The van der Waals surface area contributed by atoms with Crippen molar-refractivity contribution >= 4 is 39.2 Å². The molecule has 0 atom stereocenters. The summed E-state index contributed by atoms with van der Waals surface area (Å²) < 4.78 is 66.8. The molecule has 1 aromatic heterocycles. The number of nitrogens with zero attached hydrogens (tertiary/aromatic N) is 2. The van der Waals surface area contributed by atoms with Gasteiger partial charge in [-0.15, -0.1) is 12.4 Å². The quantitative estimate of drug-likeness (QED) is 0.147. The molecule has 46 heavy (non-hydrogen) atoms. The number of fused-ring (bicyclic) bond motifs is 1. The normalized spacial score (nSPS) is 11.2. The molecule has 0 bridgehead atoms. The van der Waals surface area contributed by atoms with Crippen molar-refractivity contribution in [3.63, 3.8) is 0 Å². The highest BCUT2D eigenvalue weighted by molar-refractivity contribution is 7.92. The minimum Gasteiger partial charge on any atom is -0.493 e. The Bertz CT molecular complexity index is 1760. The summed E-state index contributed by atoms with van der Waals surface area (Å²) in [5.41, 5.74) is 6.33. The Morgan fingerprint density at radius 1 is 0.783 bits per heavy atom. The maximum Gasteiger partial charge on any atom is 0.328 e. The summed E-state index contributed by atoms with van der Waals surface area (Å²) in [7, 11) is 0.541. The highest BCUT2D eigenvalue weighted by Crippen LogP contribution is 2.37. The first-order chi connectivity index (χ1) is 21.7. The third-order valence-corrected chi connectivity index (χ3v) is 8.05. The molecule has 0 aliphatic heterocycles. The SMILES string of the molecule is CCCOc1cccc(Oc2cc3c(cc2NS(=O)(=O)c2ccc(OC)c(OCCOCCOCCN)c2)n(C)c(=O)n3C)c1.Cl. The molecule has 3 aromatic carbocycles. The van der Waals surface area contributed by atoms with Gasteiger partial charge in [-0.05, 0) is 36.8 Å². The molecule has 0 saturated carbocycles. The van der Waals surface area contributed by atoms with Gasteiger partial charge in [-0.2, -0.15) is 0 Å². The van der Waals surface area contributed by atoms with E-state index in [1.54, 1.807) is 44.4 Å². The zero-order valence-corrected chi connectivity index (χ0v) is 27.9. The van der Waals surface area contributed by atoms with Crippen molar-refractivity contribution in [3.05, 3.63) is 65.1 Å². The first-order valence-electron chi connectivity index (χ1n) is 14.5. The molecule has 0 spiro atoms. The minimum atomic E-state index is -4.17. The smallest absolute Gasteiger partial charge is 0.328 e. The molecule has 0 amide bonds. The molecule has 3 N–H and O–H groups in total. The minimum absolute atomic E-state index is 0. The van der Waals surface area contributed by atoms with Crippen molar-refractivity contribution in [2.24, 2.45) is 19.8 Å². The lowest BCUT2D eigenvalue weighted by atomic mass is 10.2. The van der Waals surface area contributed by atoms with E-state index in [1.165, 1.54) is 34.4 Å². The predicted molar refractivity (Wildman–Crippen MR) is 178 cm³/mol. The van der Waals surface area contributed by atoms with Gasteiger partial charge < -0.3 is 34.2 Å². The van der Waals surface area contributed by atoms with Gasteiger partial charge >= 0.3 is 5.69 Å². The number of hydrogen-bond donors (Lipinski definition) is 2. The summed E-state index contributed by atoms with van der Waals surface area (Å²) in [4.78, 5) is 12.6. The Morgan fingerprint density at radius 2 is 1.46 bits per heavy atom. The largest absolute Gasteiger partial charge is 0.493 e. The van der Waals surface area contributed by atoms with Gasteiger partial charge in [0.1, 0.15) is 18.1 Å². The highest BCUT2D eigenvalue weighted by Gasteiger charge is 2.22. The summed E-state index contributed by atoms with van der Waals surface area (Å²) in [5, 5.41) is 0. The molecule has 13 nitrogen and oxygen atoms in total. The van der Waals surface area contributed by atoms with Gasteiger partial charge in [0.15, 0.2) is 17.2 Å². The van der Waals surface area contributed by atoms with Crippen molar-refractivity contribution in [3.8, 4) is 28.7 Å². The lowest BCUT2D eigenvalue weighted by Gasteiger charge is -2.16. The number of nitrogens with one attached hydrogen (secondary N) is 1. The zero-order valence-electron chi connectivity index (χ0n) is 26.3. The first kappa shape index (κ1) is 36.5. The van der Waals surface area contributed by atoms with Gasteiger partial charge in [0.25, 0.3) is 10.0 Å². The second-order valence-electron chi connectivity index (χ2n) is 9.94. The molecule has 0 saturated heterocycles. The number of halogens is 1. The molecule has 1 heterocycles. The van der Waals surface area contributed by atoms with E-state index < -0.39 is 10.0 Å². The Balaban J connectivity index is 0.00000576. The fourth-order valence-electron chi connectivity index (χ4n) is 4.42. The number of rotatable bonds is 18. The number of imidazole rings is 1. The zero-order chi connectivity index (χ0) is 32.4. The number of aromatic nitrogens is 2. The molecular weight excluding hydrogens is 640 g/mol. The van der Waals surface area contributed by atoms with Crippen LogP contribution in [0.3, 0.4) is 0 Å². The van der Waals surface area contributed by atoms with Crippen LogP contribution >= 0.6 is 12.4 Å². The van der Waals surface area contributed by atoms with E-state index in [0.29, 0.717) is 61.3 Å². The summed E-state index contributed by atoms with van der Waals surface area (Å²) >= 11 is 0. The molecule has 0 aliphatic rings. The number of nitrogens with two attached hydrogens (primary N) is 1. The molecule has 0 radical (unpaired) electrons. The summed E-state index contributed by atoms with van der Waals surface area (Å²) in [6, 6.07) is 14.5. The van der Waals surface area contributed by atoms with Crippen LogP contribution in [0.1, 0.15) is 13.3 Å². The molecule has 4 aromatic rings. The molecule has 4 rings (SSSR count). The van der Waals surface area contributed by atoms with E-state index in [9.17, 15) is 13.2 Å². The van der Waals surface area contributed by atoms with E-state index in [0.717, 1.165) is 6.42 Å². The summed E-state index contributed by atoms with van der Waals surface area (Å²) in [5.74, 6) is 1.82. The number of methoxy groups -OCH3 is 1. The van der Waals surface area contributed by atoms with E-state index >= 15 is 0 Å². The Kier molecular flexibility index (Phi) is 13.6. The number of hydrogen-bond acceptors (Lipinski definition) is 10. The summed E-state index contributed by atoms with van der Waals surface area (Å²) in [6.45, 7) is 4.63. The van der Waals surface area contributed by atoms with E-state index in [4.69, 9.17) is 34.2 Å². The van der Waals surface area contributed by atoms with Crippen LogP contribution in [0.2, 0.25) is 0 Å². The standard InChI is InChI=1S/C31H40N4O9S.ClH/c1-5-12-42-22-7-6-8-23(18-22)44-29-21-27-26(34(2)31(36)35(27)3)20-25(29)33-45(37,38)24-9-10-28(39-4)30(19-24)43-17-16-41-15-14-40-13-11-32;/h6-10,18-21,33H,5,11-17,32H2,1-4H3;1H. The van der Waals surface area contributed by atoms with Crippen LogP contribution in [0.25, 0.3) is 11.0 Å². The van der Waals surface area contributed by atoms with Crippen LogP contribution < -0.4 is 35.1 Å². The average molecular weight is 681 g/mol. The number of sulfonamides is 1. The van der Waals surface area contributed by atoms with Crippen molar-refractivity contribution in [2.45, 2.75) is 18.2 Å². The number of anilines is 1. The van der Waals surface area contributed by atoms with Crippen molar-refractivity contribution in [2.75, 3.05) is 58.0 Å². The third-order valence-electron chi connectivity index (χ3n) is 6.69. The second kappa shape index (κ2) is 17.1. The van der Waals surface area contributed by atoms with Gasteiger partial charge in [0.2, 0.25) is 0 Å². The molecule has 0 unspecified atom stereocenters. The monoisotopic (exact) mass is 680 g/mol. The summed E-state index contributed by atoms with van der Waals surface area (Å²) in [6.07, 6.45) is 0.840. The van der Waals surface area contributed by atoms with Gasteiger partial charge in [-0.1, -0.05) is 13.0 Å². The van der Waals surface area contributed by atoms with Gasteiger partial charge in [0, 0.05) is 38.8 Å². The Hall–Kier alpha value is -3.95. The molecular formula is C31H41ClN4O9S. The Labute approximate surface area is 274 Å². The predicted octanol–water partition coefficient (Wildman–Crippen LogP) is 4.06. The van der Waals surface area contributed by atoms with Gasteiger partial charge in [-0.3, -0.25) is 13.9 Å². The average Bonchev–Trinajstić information content (AvgIpc) is 3.24. The fourth-order valence-corrected chi connectivity index (χ4v) is 5.50. The molecule has 15 heteroatoms. The van der Waals surface area contributed by atoms with Crippen LogP contribution in [0.4, 0.5) is 5.69 Å². The second-order valence-corrected chi connectivity index (χ2v) is 11.6.